The molecular formula is C19H17F3N2O2S2. The first-order valence-corrected chi connectivity index (χ1v) is 10.5. The number of hydrogen-bond donors (Lipinski definition) is 2. The van der Waals surface area contributed by atoms with E-state index in [9.17, 15) is 22.8 Å². The first kappa shape index (κ1) is 20.6. The van der Waals surface area contributed by atoms with Crippen molar-refractivity contribution in [2.75, 3.05) is 22.1 Å². The zero-order valence-electron chi connectivity index (χ0n) is 14.8. The van der Waals surface area contributed by atoms with Crippen molar-refractivity contribution in [2.24, 2.45) is 0 Å². The summed E-state index contributed by atoms with van der Waals surface area (Å²) in [6.07, 6.45) is -4.68. The Morgan fingerprint density at radius 3 is 2.21 bits per heavy atom. The van der Waals surface area contributed by atoms with Gasteiger partial charge in [0.2, 0.25) is 5.91 Å². The fourth-order valence-electron chi connectivity index (χ4n) is 2.71. The van der Waals surface area contributed by atoms with E-state index in [0.29, 0.717) is 4.58 Å². The van der Waals surface area contributed by atoms with E-state index < -0.39 is 23.6 Å². The molecule has 0 atom stereocenters. The van der Waals surface area contributed by atoms with Crippen molar-refractivity contribution < 1.29 is 22.8 Å². The van der Waals surface area contributed by atoms with Crippen molar-refractivity contribution in [1.29, 1.82) is 0 Å². The van der Waals surface area contributed by atoms with E-state index in [4.69, 9.17) is 0 Å². The van der Waals surface area contributed by atoms with Crippen LogP contribution in [0.1, 0.15) is 33.0 Å². The average Bonchev–Trinajstić information content (AvgIpc) is 3.16. The lowest BCUT2D eigenvalue weighted by Gasteiger charge is -2.16. The molecule has 0 radical (unpaired) electrons. The van der Waals surface area contributed by atoms with Gasteiger partial charge in [-0.3, -0.25) is 9.59 Å². The van der Waals surface area contributed by atoms with Gasteiger partial charge in [0.05, 0.1) is 15.8 Å². The van der Waals surface area contributed by atoms with Crippen LogP contribution in [0.15, 0.2) is 42.5 Å². The lowest BCUT2D eigenvalue weighted by atomic mass is 10.1. The van der Waals surface area contributed by atoms with Crippen LogP contribution in [0.4, 0.5) is 24.5 Å². The number of hydrogen-bond acceptors (Lipinski definition) is 4. The molecule has 0 saturated carbocycles. The van der Waals surface area contributed by atoms with Crippen LogP contribution < -0.4 is 10.6 Å². The first-order valence-electron chi connectivity index (χ1n) is 8.37. The summed E-state index contributed by atoms with van der Waals surface area (Å²) in [4.78, 5) is 23.5. The van der Waals surface area contributed by atoms with Gasteiger partial charge in [0.15, 0.2) is 0 Å². The normalized spacial score (nSPS) is 14.7. The van der Waals surface area contributed by atoms with E-state index in [1.54, 1.807) is 12.1 Å². The minimum absolute atomic E-state index is 0.00809. The number of nitrogens with one attached hydrogen (secondary N) is 2. The molecule has 1 aliphatic heterocycles. The monoisotopic (exact) mass is 426 g/mol. The Kier molecular flexibility index (Phi) is 6.24. The molecule has 148 valence electrons. The summed E-state index contributed by atoms with van der Waals surface area (Å²) < 4.78 is 40.5. The van der Waals surface area contributed by atoms with Crippen LogP contribution in [0.25, 0.3) is 0 Å². The van der Waals surface area contributed by atoms with Crippen LogP contribution in [-0.4, -0.2) is 23.3 Å². The molecule has 1 fully saturated rings. The molecule has 2 aromatic rings. The third-order valence-electron chi connectivity index (χ3n) is 3.96. The van der Waals surface area contributed by atoms with E-state index in [1.165, 1.54) is 13.0 Å². The lowest BCUT2D eigenvalue weighted by Crippen LogP contribution is -2.17. The van der Waals surface area contributed by atoms with Gasteiger partial charge in [-0.25, -0.2) is 0 Å². The fraction of sp³-hybridized carbons (Fsp3) is 0.263. The van der Waals surface area contributed by atoms with Crippen molar-refractivity contribution in [3.63, 3.8) is 0 Å². The highest BCUT2D eigenvalue weighted by atomic mass is 32.2. The van der Waals surface area contributed by atoms with Crippen LogP contribution in [0.5, 0.6) is 0 Å². The molecule has 4 nitrogen and oxygen atoms in total. The minimum atomic E-state index is -4.68. The molecule has 2 aromatic carbocycles. The van der Waals surface area contributed by atoms with Gasteiger partial charge < -0.3 is 10.6 Å². The molecule has 28 heavy (non-hydrogen) atoms. The third-order valence-corrected chi connectivity index (χ3v) is 7.06. The Hall–Kier alpha value is -2.13. The van der Waals surface area contributed by atoms with Crippen LogP contribution in [0.2, 0.25) is 0 Å². The molecule has 2 N–H and O–H groups in total. The van der Waals surface area contributed by atoms with Crippen LogP contribution in [0, 0.1) is 0 Å². The summed E-state index contributed by atoms with van der Waals surface area (Å²) in [5.41, 5.74) is -0.0238. The fourth-order valence-corrected chi connectivity index (χ4v) is 5.57. The molecule has 0 unspecified atom stereocenters. The van der Waals surface area contributed by atoms with Gasteiger partial charge in [0.1, 0.15) is 0 Å². The quantitative estimate of drug-likeness (QED) is 0.688. The summed E-state index contributed by atoms with van der Waals surface area (Å²) in [5.74, 6) is 1.04. The zero-order valence-corrected chi connectivity index (χ0v) is 16.4. The highest BCUT2D eigenvalue weighted by Crippen LogP contribution is 2.45. The number of anilines is 2. The van der Waals surface area contributed by atoms with Gasteiger partial charge in [-0.2, -0.15) is 13.2 Å². The number of benzene rings is 2. The maximum absolute atomic E-state index is 13.4. The predicted octanol–water partition coefficient (Wildman–Crippen LogP) is 5.39. The van der Waals surface area contributed by atoms with E-state index in [0.717, 1.165) is 29.2 Å². The smallest absolute Gasteiger partial charge is 0.326 e. The second-order valence-electron chi connectivity index (χ2n) is 6.09. The van der Waals surface area contributed by atoms with Crippen LogP contribution in [0.3, 0.4) is 0 Å². The molecule has 3 rings (SSSR count). The number of amides is 2. The van der Waals surface area contributed by atoms with Gasteiger partial charge in [0, 0.05) is 29.7 Å². The number of thioether (sulfide) groups is 2. The Labute approximate surface area is 168 Å². The predicted molar refractivity (Wildman–Crippen MR) is 108 cm³/mol. The summed E-state index contributed by atoms with van der Waals surface area (Å²) in [6.45, 7) is 1.20. The molecule has 2 amide bonds. The van der Waals surface area contributed by atoms with Crippen molar-refractivity contribution in [3.8, 4) is 0 Å². The molecule has 0 spiro atoms. The second kappa shape index (κ2) is 8.48. The van der Waals surface area contributed by atoms with Crippen LogP contribution in [-0.2, 0) is 11.0 Å². The summed E-state index contributed by atoms with van der Waals surface area (Å²) in [5, 5.41) is 4.63. The number of alkyl halides is 3. The Bertz CT molecular complexity index is 880. The molecule has 1 heterocycles. The maximum atomic E-state index is 13.4. The van der Waals surface area contributed by atoms with Crippen LogP contribution >= 0.6 is 23.5 Å². The Morgan fingerprint density at radius 1 is 1.00 bits per heavy atom. The highest BCUT2D eigenvalue weighted by molar-refractivity contribution is 8.19. The summed E-state index contributed by atoms with van der Waals surface area (Å²) in [6, 6.07) is 10.1. The zero-order chi connectivity index (χ0) is 20.3. The number of carbonyl (C=O) groups is 2. The second-order valence-corrected chi connectivity index (χ2v) is 8.81. The van der Waals surface area contributed by atoms with Gasteiger partial charge in [0.25, 0.3) is 5.91 Å². The van der Waals surface area contributed by atoms with E-state index in [2.05, 4.69) is 10.6 Å². The largest absolute Gasteiger partial charge is 0.418 e. The maximum Gasteiger partial charge on any atom is 0.418 e. The lowest BCUT2D eigenvalue weighted by molar-refractivity contribution is -0.137. The van der Waals surface area contributed by atoms with E-state index >= 15 is 0 Å². The standard InChI is InChI=1S/C19H17F3N2O2S2/c1-11(25)23-14-6-7-16(15(10-14)19(20,21)22)24-17(26)12-2-4-13(5-3-12)18-27-8-9-28-18/h2-7,10,18H,8-9H2,1H3,(H,23,25)(H,24,26). The van der Waals surface area contributed by atoms with Gasteiger partial charge in [-0.1, -0.05) is 12.1 Å². The number of halogens is 3. The van der Waals surface area contributed by atoms with E-state index in [-0.39, 0.29) is 16.9 Å². The van der Waals surface area contributed by atoms with E-state index in [1.807, 2.05) is 35.7 Å². The third kappa shape index (κ3) is 5.02. The Balaban J connectivity index is 1.80. The molecule has 0 aliphatic carbocycles. The van der Waals surface area contributed by atoms with Gasteiger partial charge in [-0.05, 0) is 35.9 Å². The topological polar surface area (TPSA) is 58.2 Å². The highest BCUT2D eigenvalue weighted by Gasteiger charge is 2.34. The average molecular weight is 426 g/mol. The van der Waals surface area contributed by atoms with Gasteiger partial charge in [-0.15, -0.1) is 23.5 Å². The SMILES string of the molecule is CC(=O)Nc1ccc(NC(=O)c2ccc(C3SCCS3)cc2)c(C(F)(F)F)c1. The number of carbonyl (C=O) groups excluding carboxylic acids is 2. The molecule has 0 aromatic heterocycles. The summed E-state index contributed by atoms with van der Waals surface area (Å²) >= 11 is 3.66. The van der Waals surface area contributed by atoms with Gasteiger partial charge >= 0.3 is 6.18 Å². The molecule has 1 saturated heterocycles. The van der Waals surface area contributed by atoms with Crippen molar-refractivity contribution in [3.05, 3.63) is 59.2 Å². The first-order chi connectivity index (χ1) is 13.2. The molecular weight excluding hydrogens is 409 g/mol. The molecule has 9 heteroatoms. The number of rotatable bonds is 4. The van der Waals surface area contributed by atoms with Crippen molar-refractivity contribution in [2.45, 2.75) is 17.7 Å². The minimum Gasteiger partial charge on any atom is -0.326 e. The molecule has 1 aliphatic rings. The Morgan fingerprint density at radius 2 is 1.64 bits per heavy atom. The van der Waals surface area contributed by atoms with Crippen molar-refractivity contribution in [1.82, 2.24) is 0 Å². The summed E-state index contributed by atoms with van der Waals surface area (Å²) in [7, 11) is 0. The van der Waals surface area contributed by atoms with Crippen molar-refractivity contribution >= 4 is 46.7 Å². The molecule has 0 bridgehead atoms.